The Morgan fingerprint density at radius 2 is 1.95 bits per heavy atom. The molecule has 5 heteroatoms. The first-order valence-corrected chi connectivity index (χ1v) is 7.68. The SMILES string of the molecule is O=C(N[C@H](CO)Cc1ccccc1)c1ccc(Br)c(Cl)c1. The van der Waals surface area contributed by atoms with Crippen LogP contribution in [-0.2, 0) is 6.42 Å². The molecule has 0 fully saturated rings. The van der Waals surface area contributed by atoms with E-state index in [0.29, 0.717) is 17.0 Å². The smallest absolute Gasteiger partial charge is 0.251 e. The first kappa shape index (κ1) is 16.0. The monoisotopic (exact) mass is 367 g/mol. The van der Waals surface area contributed by atoms with Gasteiger partial charge in [0, 0.05) is 10.0 Å². The summed E-state index contributed by atoms with van der Waals surface area (Å²) in [6.45, 7) is -0.120. The molecule has 2 aromatic carbocycles. The van der Waals surface area contributed by atoms with Gasteiger partial charge in [-0.05, 0) is 46.1 Å². The third-order valence-corrected chi connectivity index (χ3v) is 4.29. The van der Waals surface area contributed by atoms with Crippen LogP contribution in [0.5, 0.6) is 0 Å². The van der Waals surface area contributed by atoms with Crippen LogP contribution in [0.2, 0.25) is 5.02 Å². The summed E-state index contributed by atoms with van der Waals surface area (Å²) >= 11 is 9.27. The van der Waals surface area contributed by atoms with Crippen molar-refractivity contribution in [2.45, 2.75) is 12.5 Å². The number of amides is 1. The molecule has 0 aliphatic heterocycles. The van der Waals surface area contributed by atoms with Gasteiger partial charge in [-0.15, -0.1) is 0 Å². The number of halogens is 2. The van der Waals surface area contributed by atoms with E-state index in [1.165, 1.54) is 0 Å². The second kappa shape index (κ2) is 7.59. The summed E-state index contributed by atoms with van der Waals surface area (Å²) in [7, 11) is 0. The average molecular weight is 369 g/mol. The van der Waals surface area contributed by atoms with E-state index in [2.05, 4.69) is 21.2 Å². The fraction of sp³-hybridized carbons (Fsp3) is 0.188. The molecule has 0 unspecified atom stereocenters. The minimum atomic E-state index is -0.331. The van der Waals surface area contributed by atoms with Gasteiger partial charge in [-0.3, -0.25) is 4.79 Å². The van der Waals surface area contributed by atoms with Gasteiger partial charge in [0.25, 0.3) is 5.91 Å². The quantitative estimate of drug-likeness (QED) is 0.849. The lowest BCUT2D eigenvalue weighted by atomic mass is 10.1. The lowest BCUT2D eigenvalue weighted by Gasteiger charge is -2.16. The van der Waals surface area contributed by atoms with Crippen molar-refractivity contribution >= 4 is 33.4 Å². The first-order chi connectivity index (χ1) is 10.1. The van der Waals surface area contributed by atoms with Crippen LogP contribution in [0.1, 0.15) is 15.9 Å². The Labute approximate surface area is 137 Å². The molecule has 2 N–H and O–H groups in total. The molecule has 1 atom stereocenters. The minimum Gasteiger partial charge on any atom is -0.394 e. The Morgan fingerprint density at radius 3 is 2.57 bits per heavy atom. The van der Waals surface area contributed by atoms with E-state index in [9.17, 15) is 9.90 Å². The highest BCUT2D eigenvalue weighted by Crippen LogP contribution is 2.23. The van der Waals surface area contributed by atoms with E-state index >= 15 is 0 Å². The van der Waals surface area contributed by atoms with E-state index in [1.54, 1.807) is 18.2 Å². The van der Waals surface area contributed by atoms with Crippen LogP contribution >= 0.6 is 27.5 Å². The standard InChI is InChI=1S/C16H15BrClNO2/c17-14-7-6-12(9-15(14)18)16(21)19-13(10-20)8-11-4-2-1-3-5-11/h1-7,9,13,20H,8,10H2,(H,19,21)/t13-/m0/s1. The summed E-state index contributed by atoms with van der Waals surface area (Å²) in [4.78, 5) is 12.2. The van der Waals surface area contributed by atoms with Crippen molar-refractivity contribution in [1.82, 2.24) is 5.32 Å². The maximum absolute atomic E-state index is 12.2. The molecule has 3 nitrogen and oxygen atoms in total. The maximum atomic E-state index is 12.2. The molecule has 0 bridgehead atoms. The van der Waals surface area contributed by atoms with Crippen LogP contribution in [0.3, 0.4) is 0 Å². The van der Waals surface area contributed by atoms with Gasteiger partial charge in [-0.1, -0.05) is 41.9 Å². The summed E-state index contributed by atoms with van der Waals surface area (Å²) in [6.07, 6.45) is 0.577. The van der Waals surface area contributed by atoms with Crippen LogP contribution in [-0.4, -0.2) is 23.7 Å². The Hall–Kier alpha value is -1.36. The van der Waals surface area contributed by atoms with Gasteiger partial charge in [-0.2, -0.15) is 0 Å². The third-order valence-electron chi connectivity index (χ3n) is 3.06. The highest BCUT2D eigenvalue weighted by Gasteiger charge is 2.14. The molecule has 21 heavy (non-hydrogen) atoms. The van der Waals surface area contributed by atoms with E-state index in [4.69, 9.17) is 11.6 Å². The predicted octanol–water partition coefficient (Wildman–Crippen LogP) is 3.44. The van der Waals surface area contributed by atoms with Gasteiger partial charge < -0.3 is 10.4 Å². The molecule has 0 spiro atoms. The topological polar surface area (TPSA) is 49.3 Å². The van der Waals surface area contributed by atoms with Gasteiger partial charge in [-0.25, -0.2) is 0 Å². The van der Waals surface area contributed by atoms with E-state index in [0.717, 1.165) is 10.0 Å². The lowest BCUT2D eigenvalue weighted by Crippen LogP contribution is -2.39. The molecule has 0 aromatic heterocycles. The number of carbonyl (C=O) groups excluding carboxylic acids is 1. The zero-order valence-corrected chi connectivity index (χ0v) is 13.6. The number of nitrogens with one attached hydrogen (secondary N) is 1. The number of benzene rings is 2. The van der Waals surface area contributed by atoms with Crippen molar-refractivity contribution in [2.24, 2.45) is 0 Å². The normalized spacial score (nSPS) is 12.0. The molecule has 2 aromatic rings. The predicted molar refractivity (Wildman–Crippen MR) is 87.6 cm³/mol. The zero-order chi connectivity index (χ0) is 15.2. The number of rotatable bonds is 5. The largest absolute Gasteiger partial charge is 0.394 e. The van der Waals surface area contributed by atoms with Gasteiger partial charge in [0.15, 0.2) is 0 Å². The summed E-state index contributed by atoms with van der Waals surface area (Å²) < 4.78 is 0.740. The Kier molecular flexibility index (Phi) is 5.79. The summed E-state index contributed by atoms with van der Waals surface area (Å²) in [6, 6.07) is 14.4. The molecule has 1 amide bonds. The second-order valence-corrected chi connectivity index (χ2v) is 5.93. The number of hydrogen-bond acceptors (Lipinski definition) is 2. The van der Waals surface area contributed by atoms with Gasteiger partial charge in [0.2, 0.25) is 0 Å². The number of aliphatic hydroxyl groups is 1. The maximum Gasteiger partial charge on any atom is 0.251 e. The number of aliphatic hydroxyl groups excluding tert-OH is 1. The van der Waals surface area contributed by atoms with Gasteiger partial charge in [0.1, 0.15) is 0 Å². The van der Waals surface area contributed by atoms with E-state index in [1.807, 2.05) is 30.3 Å². The summed E-state index contributed by atoms with van der Waals surface area (Å²) in [5.41, 5.74) is 1.53. The van der Waals surface area contributed by atoms with Crippen LogP contribution in [0.4, 0.5) is 0 Å². The molecule has 0 saturated heterocycles. The van der Waals surface area contributed by atoms with Crippen LogP contribution in [0, 0.1) is 0 Å². The van der Waals surface area contributed by atoms with Crippen molar-refractivity contribution in [3.8, 4) is 0 Å². The molecule has 0 saturated carbocycles. The second-order valence-electron chi connectivity index (χ2n) is 4.67. The molecule has 0 heterocycles. The van der Waals surface area contributed by atoms with Crippen molar-refractivity contribution in [1.29, 1.82) is 0 Å². The highest BCUT2D eigenvalue weighted by molar-refractivity contribution is 9.10. The Morgan fingerprint density at radius 1 is 1.24 bits per heavy atom. The van der Waals surface area contributed by atoms with Gasteiger partial charge >= 0.3 is 0 Å². The molecule has 0 aliphatic carbocycles. The molecular formula is C16H15BrClNO2. The molecule has 0 aliphatic rings. The Bertz CT molecular complexity index is 619. The summed E-state index contributed by atoms with van der Waals surface area (Å²) in [5.74, 6) is -0.251. The lowest BCUT2D eigenvalue weighted by molar-refractivity contribution is 0.0916. The van der Waals surface area contributed by atoms with E-state index < -0.39 is 0 Å². The number of hydrogen-bond donors (Lipinski definition) is 2. The van der Waals surface area contributed by atoms with E-state index in [-0.39, 0.29) is 18.6 Å². The van der Waals surface area contributed by atoms with Gasteiger partial charge in [0.05, 0.1) is 17.7 Å². The molecule has 2 rings (SSSR count). The average Bonchev–Trinajstić information content (AvgIpc) is 2.50. The molecular weight excluding hydrogens is 354 g/mol. The van der Waals surface area contributed by atoms with Crippen molar-refractivity contribution in [3.63, 3.8) is 0 Å². The Balaban J connectivity index is 2.04. The zero-order valence-electron chi connectivity index (χ0n) is 11.2. The fourth-order valence-electron chi connectivity index (χ4n) is 1.97. The third kappa shape index (κ3) is 4.56. The summed E-state index contributed by atoms with van der Waals surface area (Å²) in [5, 5.41) is 12.7. The van der Waals surface area contributed by atoms with Crippen molar-refractivity contribution < 1.29 is 9.90 Å². The molecule has 110 valence electrons. The first-order valence-electron chi connectivity index (χ1n) is 6.51. The highest BCUT2D eigenvalue weighted by atomic mass is 79.9. The molecule has 0 radical (unpaired) electrons. The van der Waals surface area contributed by atoms with Crippen LogP contribution in [0.15, 0.2) is 53.0 Å². The number of carbonyl (C=O) groups is 1. The van der Waals surface area contributed by atoms with Crippen LogP contribution < -0.4 is 5.32 Å². The van der Waals surface area contributed by atoms with Crippen molar-refractivity contribution in [2.75, 3.05) is 6.61 Å². The van der Waals surface area contributed by atoms with Crippen LogP contribution in [0.25, 0.3) is 0 Å². The fourth-order valence-corrected chi connectivity index (χ4v) is 2.39. The van der Waals surface area contributed by atoms with Crippen molar-refractivity contribution in [3.05, 3.63) is 69.2 Å². The minimum absolute atomic E-state index is 0.120.